The summed E-state index contributed by atoms with van der Waals surface area (Å²) in [6.07, 6.45) is 1.01. The SMILES string of the molecule is COCC1CCN(C(=O)c2cccc(-c3ccc(OC)cc3)c2)C1. The first kappa shape index (κ1) is 16.5. The second kappa shape index (κ2) is 7.49. The molecule has 1 amide bonds. The molecule has 1 unspecified atom stereocenters. The highest BCUT2D eigenvalue weighted by molar-refractivity contribution is 5.95. The summed E-state index contributed by atoms with van der Waals surface area (Å²) in [6, 6.07) is 15.7. The lowest BCUT2D eigenvalue weighted by atomic mass is 10.0. The van der Waals surface area contributed by atoms with E-state index in [1.54, 1.807) is 14.2 Å². The van der Waals surface area contributed by atoms with E-state index in [0.29, 0.717) is 5.92 Å². The van der Waals surface area contributed by atoms with Gasteiger partial charge in [0.1, 0.15) is 5.75 Å². The first-order chi connectivity index (χ1) is 11.7. The Morgan fingerprint density at radius 3 is 2.62 bits per heavy atom. The van der Waals surface area contributed by atoms with Gasteiger partial charge in [0, 0.05) is 31.7 Å². The summed E-state index contributed by atoms with van der Waals surface area (Å²) < 4.78 is 10.4. The molecule has 24 heavy (non-hydrogen) atoms. The number of benzene rings is 2. The normalized spacial score (nSPS) is 17.1. The van der Waals surface area contributed by atoms with E-state index >= 15 is 0 Å². The Hall–Kier alpha value is -2.33. The number of rotatable bonds is 5. The number of nitrogens with zero attached hydrogens (tertiary/aromatic N) is 1. The quantitative estimate of drug-likeness (QED) is 0.845. The van der Waals surface area contributed by atoms with Crippen molar-refractivity contribution in [3.05, 3.63) is 54.1 Å². The van der Waals surface area contributed by atoms with E-state index in [0.717, 1.165) is 48.6 Å². The molecule has 4 heteroatoms. The van der Waals surface area contributed by atoms with Gasteiger partial charge >= 0.3 is 0 Å². The van der Waals surface area contributed by atoms with Gasteiger partial charge in [0.25, 0.3) is 5.91 Å². The van der Waals surface area contributed by atoms with Gasteiger partial charge in [0.2, 0.25) is 0 Å². The Labute approximate surface area is 143 Å². The maximum absolute atomic E-state index is 12.7. The number of amides is 1. The van der Waals surface area contributed by atoms with Gasteiger partial charge in [-0.05, 0) is 41.8 Å². The van der Waals surface area contributed by atoms with Crippen LogP contribution >= 0.6 is 0 Å². The fourth-order valence-electron chi connectivity index (χ4n) is 3.19. The Balaban J connectivity index is 1.76. The van der Waals surface area contributed by atoms with Crippen molar-refractivity contribution in [3.8, 4) is 16.9 Å². The molecule has 1 heterocycles. The summed E-state index contributed by atoms with van der Waals surface area (Å²) in [5.41, 5.74) is 2.85. The zero-order chi connectivity index (χ0) is 16.9. The molecule has 1 aliphatic heterocycles. The Morgan fingerprint density at radius 1 is 1.12 bits per heavy atom. The van der Waals surface area contributed by atoms with Gasteiger partial charge in [0.05, 0.1) is 13.7 Å². The van der Waals surface area contributed by atoms with Crippen molar-refractivity contribution in [2.24, 2.45) is 5.92 Å². The van der Waals surface area contributed by atoms with Crippen LogP contribution in [0.25, 0.3) is 11.1 Å². The zero-order valence-electron chi connectivity index (χ0n) is 14.2. The van der Waals surface area contributed by atoms with Crippen LogP contribution < -0.4 is 4.74 Å². The average Bonchev–Trinajstić information content (AvgIpc) is 3.10. The average molecular weight is 325 g/mol. The van der Waals surface area contributed by atoms with Crippen LogP contribution in [0.2, 0.25) is 0 Å². The van der Waals surface area contributed by atoms with Crippen molar-refractivity contribution in [1.82, 2.24) is 4.90 Å². The number of carbonyl (C=O) groups is 1. The van der Waals surface area contributed by atoms with Crippen LogP contribution in [0.4, 0.5) is 0 Å². The lowest BCUT2D eigenvalue weighted by Crippen LogP contribution is -2.29. The zero-order valence-corrected chi connectivity index (χ0v) is 14.2. The lowest BCUT2D eigenvalue weighted by Gasteiger charge is -2.17. The summed E-state index contributed by atoms with van der Waals surface area (Å²) in [4.78, 5) is 14.7. The molecule has 2 aromatic rings. The second-order valence-corrected chi connectivity index (χ2v) is 6.17. The van der Waals surface area contributed by atoms with E-state index < -0.39 is 0 Å². The molecule has 2 aromatic carbocycles. The topological polar surface area (TPSA) is 38.8 Å². The highest BCUT2D eigenvalue weighted by Gasteiger charge is 2.26. The molecule has 0 N–H and O–H groups in total. The number of ether oxygens (including phenoxy) is 2. The van der Waals surface area contributed by atoms with Crippen LogP contribution in [-0.4, -0.2) is 44.7 Å². The smallest absolute Gasteiger partial charge is 0.253 e. The van der Waals surface area contributed by atoms with Crippen LogP contribution in [0, 0.1) is 5.92 Å². The van der Waals surface area contributed by atoms with Gasteiger partial charge in [0.15, 0.2) is 0 Å². The molecule has 1 atom stereocenters. The molecule has 3 rings (SSSR count). The van der Waals surface area contributed by atoms with Gasteiger partial charge in [-0.15, -0.1) is 0 Å². The molecule has 1 saturated heterocycles. The van der Waals surface area contributed by atoms with Crippen molar-refractivity contribution < 1.29 is 14.3 Å². The first-order valence-corrected chi connectivity index (χ1v) is 8.24. The molecular weight excluding hydrogens is 302 g/mol. The Morgan fingerprint density at radius 2 is 1.92 bits per heavy atom. The number of likely N-dealkylation sites (tertiary alicyclic amines) is 1. The maximum Gasteiger partial charge on any atom is 0.253 e. The van der Waals surface area contributed by atoms with E-state index in [1.165, 1.54) is 0 Å². The van der Waals surface area contributed by atoms with Crippen molar-refractivity contribution in [3.63, 3.8) is 0 Å². The lowest BCUT2D eigenvalue weighted by molar-refractivity contribution is 0.0775. The molecule has 0 spiro atoms. The summed E-state index contributed by atoms with van der Waals surface area (Å²) in [6.45, 7) is 2.30. The Kier molecular flexibility index (Phi) is 5.16. The first-order valence-electron chi connectivity index (χ1n) is 8.24. The molecular formula is C20H23NO3. The van der Waals surface area contributed by atoms with Crippen LogP contribution in [-0.2, 0) is 4.74 Å². The largest absolute Gasteiger partial charge is 0.497 e. The van der Waals surface area contributed by atoms with Crippen molar-refractivity contribution in [2.75, 3.05) is 33.9 Å². The van der Waals surface area contributed by atoms with Crippen LogP contribution in [0.1, 0.15) is 16.8 Å². The van der Waals surface area contributed by atoms with Gasteiger partial charge in [-0.25, -0.2) is 0 Å². The fraction of sp³-hybridized carbons (Fsp3) is 0.350. The molecule has 0 aliphatic carbocycles. The Bertz CT molecular complexity index is 696. The molecule has 0 saturated carbocycles. The monoisotopic (exact) mass is 325 g/mol. The van der Waals surface area contributed by atoms with Gasteiger partial charge < -0.3 is 14.4 Å². The third-order valence-corrected chi connectivity index (χ3v) is 4.51. The van der Waals surface area contributed by atoms with Crippen LogP contribution in [0.5, 0.6) is 5.75 Å². The van der Waals surface area contributed by atoms with Crippen LogP contribution in [0.3, 0.4) is 0 Å². The molecule has 1 aliphatic rings. The minimum atomic E-state index is 0.101. The second-order valence-electron chi connectivity index (χ2n) is 6.17. The minimum absolute atomic E-state index is 0.101. The maximum atomic E-state index is 12.7. The van der Waals surface area contributed by atoms with E-state index in [4.69, 9.17) is 9.47 Å². The molecule has 126 valence electrons. The predicted octanol–water partition coefficient (Wildman–Crippen LogP) is 3.47. The van der Waals surface area contributed by atoms with E-state index in [9.17, 15) is 4.79 Å². The summed E-state index contributed by atoms with van der Waals surface area (Å²) in [5, 5.41) is 0. The summed E-state index contributed by atoms with van der Waals surface area (Å²) in [7, 11) is 3.37. The van der Waals surface area contributed by atoms with Gasteiger partial charge in [-0.2, -0.15) is 0 Å². The molecule has 4 nitrogen and oxygen atoms in total. The van der Waals surface area contributed by atoms with E-state index in [-0.39, 0.29) is 5.91 Å². The number of hydrogen-bond donors (Lipinski definition) is 0. The number of hydrogen-bond acceptors (Lipinski definition) is 3. The highest BCUT2D eigenvalue weighted by Crippen LogP contribution is 2.25. The van der Waals surface area contributed by atoms with Gasteiger partial charge in [-0.3, -0.25) is 4.79 Å². The van der Waals surface area contributed by atoms with E-state index in [1.807, 2.05) is 53.4 Å². The molecule has 0 bridgehead atoms. The molecule has 0 radical (unpaired) electrons. The third kappa shape index (κ3) is 3.60. The van der Waals surface area contributed by atoms with Crippen molar-refractivity contribution in [1.29, 1.82) is 0 Å². The van der Waals surface area contributed by atoms with Crippen molar-refractivity contribution in [2.45, 2.75) is 6.42 Å². The van der Waals surface area contributed by atoms with Gasteiger partial charge in [-0.1, -0.05) is 24.3 Å². The minimum Gasteiger partial charge on any atom is -0.497 e. The third-order valence-electron chi connectivity index (χ3n) is 4.51. The summed E-state index contributed by atoms with van der Waals surface area (Å²) in [5.74, 6) is 1.37. The highest BCUT2D eigenvalue weighted by atomic mass is 16.5. The van der Waals surface area contributed by atoms with Crippen molar-refractivity contribution >= 4 is 5.91 Å². The van der Waals surface area contributed by atoms with Crippen LogP contribution in [0.15, 0.2) is 48.5 Å². The molecule has 1 fully saturated rings. The standard InChI is InChI=1S/C20H23NO3/c1-23-14-15-10-11-21(13-15)20(22)18-5-3-4-17(12-18)16-6-8-19(24-2)9-7-16/h3-9,12,15H,10-11,13-14H2,1-2H3. The summed E-state index contributed by atoms with van der Waals surface area (Å²) >= 11 is 0. The fourth-order valence-corrected chi connectivity index (χ4v) is 3.19. The number of carbonyl (C=O) groups excluding carboxylic acids is 1. The number of methoxy groups -OCH3 is 2. The predicted molar refractivity (Wildman–Crippen MR) is 94.3 cm³/mol. The van der Waals surface area contributed by atoms with E-state index in [2.05, 4.69) is 0 Å². The molecule has 0 aromatic heterocycles.